The molecule has 2 N–H and O–H groups in total. The van der Waals surface area contributed by atoms with Crippen molar-refractivity contribution in [2.45, 2.75) is 18.8 Å². The van der Waals surface area contributed by atoms with Gasteiger partial charge in [0.05, 0.1) is 5.02 Å². The summed E-state index contributed by atoms with van der Waals surface area (Å²) in [6.45, 7) is 3.70. The highest BCUT2D eigenvalue weighted by Crippen LogP contribution is 2.26. The van der Waals surface area contributed by atoms with Gasteiger partial charge >= 0.3 is 0 Å². The molecule has 2 heterocycles. The summed E-state index contributed by atoms with van der Waals surface area (Å²) in [5, 5.41) is 3.50. The highest BCUT2D eigenvalue weighted by atomic mass is 35.5. The molecule has 4 nitrogen and oxygen atoms in total. The fraction of sp³-hybridized carbons (Fsp3) is 0.389. The van der Waals surface area contributed by atoms with E-state index in [-0.39, 0.29) is 5.91 Å². The number of aromatic amines is 1. The van der Waals surface area contributed by atoms with Gasteiger partial charge in [-0.25, -0.2) is 0 Å². The highest BCUT2D eigenvalue weighted by molar-refractivity contribution is 6.30. The summed E-state index contributed by atoms with van der Waals surface area (Å²) < 4.78 is 0. The molecule has 23 heavy (non-hydrogen) atoms. The number of aromatic nitrogens is 1. The Morgan fingerprint density at radius 2 is 2.17 bits per heavy atom. The van der Waals surface area contributed by atoms with E-state index in [0.29, 0.717) is 23.2 Å². The third-order valence-corrected chi connectivity index (χ3v) is 4.60. The van der Waals surface area contributed by atoms with Gasteiger partial charge in [-0.1, -0.05) is 41.9 Å². The first-order valence-corrected chi connectivity index (χ1v) is 8.49. The smallest absolute Gasteiger partial charge is 0.267 e. The molecule has 0 unspecified atom stereocenters. The number of likely N-dealkylation sites (tertiary alicyclic amines) is 1. The van der Waals surface area contributed by atoms with Crippen LogP contribution >= 0.6 is 11.6 Å². The molecule has 122 valence electrons. The minimum Gasteiger partial charge on any atom is -0.356 e. The van der Waals surface area contributed by atoms with Gasteiger partial charge in [-0.15, -0.1) is 0 Å². The minimum absolute atomic E-state index is 0.103. The SMILES string of the molecule is O=C(NCCN1CCC[C@H](c2ccccc2)C1)c1cc(Cl)c[nH]1. The van der Waals surface area contributed by atoms with Crippen molar-refractivity contribution in [2.24, 2.45) is 0 Å². The van der Waals surface area contributed by atoms with E-state index in [2.05, 4.69) is 45.5 Å². The maximum atomic E-state index is 12.0. The summed E-state index contributed by atoms with van der Waals surface area (Å²) in [6, 6.07) is 12.3. The minimum atomic E-state index is -0.103. The van der Waals surface area contributed by atoms with Gasteiger partial charge in [0.2, 0.25) is 0 Å². The van der Waals surface area contributed by atoms with Gasteiger partial charge in [0.25, 0.3) is 5.91 Å². The second-order valence-corrected chi connectivity index (χ2v) is 6.47. The number of rotatable bonds is 5. The van der Waals surface area contributed by atoms with E-state index in [0.717, 1.165) is 19.6 Å². The van der Waals surface area contributed by atoms with E-state index in [1.165, 1.54) is 18.4 Å². The van der Waals surface area contributed by atoms with Gasteiger partial charge in [0.15, 0.2) is 0 Å². The first-order valence-electron chi connectivity index (χ1n) is 8.12. The van der Waals surface area contributed by atoms with Crippen LogP contribution in [0, 0.1) is 0 Å². The predicted molar refractivity (Wildman–Crippen MR) is 93.0 cm³/mol. The van der Waals surface area contributed by atoms with E-state index in [1.807, 2.05) is 0 Å². The molecule has 1 amide bonds. The Bertz CT molecular complexity index is 641. The Balaban J connectivity index is 1.46. The number of piperidine rings is 1. The number of hydrogen-bond acceptors (Lipinski definition) is 2. The summed E-state index contributed by atoms with van der Waals surface area (Å²) in [5.74, 6) is 0.497. The number of halogens is 1. The molecule has 5 heteroatoms. The predicted octanol–water partition coefficient (Wildman–Crippen LogP) is 3.28. The third kappa shape index (κ3) is 4.36. The quantitative estimate of drug-likeness (QED) is 0.883. The maximum Gasteiger partial charge on any atom is 0.267 e. The zero-order chi connectivity index (χ0) is 16.1. The molecule has 1 aromatic carbocycles. The van der Waals surface area contributed by atoms with Gasteiger partial charge in [0, 0.05) is 25.8 Å². The molecule has 3 rings (SSSR count). The lowest BCUT2D eigenvalue weighted by Crippen LogP contribution is -2.40. The second-order valence-electron chi connectivity index (χ2n) is 6.04. The van der Waals surface area contributed by atoms with Crippen LogP contribution < -0.4 is 5.32 Å². The van der Waals surface area contributed by atoms with Crippen LogP contribution in [0.4, 0.5) is 0 Å². The van der Waals surface area contributed by atoms with Crippen LogP contribution in [0.2, 0.25) is 5.02 Å². The molecule has 1 atom stereocenters. The normalized spacial score (nSPS) is 18.7. The van der Waals surface area contributed by atoms with Crippen LogP contribution in [0.15, 0.2) is 42.6 Å². The van der Waals surface area contributed by atoms with Crippen molar-refractivity contribution in [1.82, 2.24) is 15.2 Å². The van der Waals surface area contributed by atoms with E-state index < -0.39 is 0 Å². The van der Waals surface area contributed by atoms with Crippen molar-refractivity contribution in [3.8, 4) is 0 Å². The van der Waals surface area contributed by atoms with Crippen molar-refractivity contribution >= 4 is 17.5 Å². The lowest BCUT2D eigenvalue weighted by Gasteiger charge is -2.33. The molecule has 0 radical (unpaired) electrons. The van der Waals surface area contributed by atoms with Crippen LogP contribution in [-0.4, -0.2) is 42.0 Å². The summed E-state index contributed by atoms with van der Waals surface area (Å²) in [4.78, 5) is 17.3. The van der Waals surface area contributed by atoms with Gasteiger partial charge in [-0.05, 0) is 36.9 Å². The largest absolute Gasteiger partial charge is 0.356 e. The molecule has 1 fully saturated rings. The van der Waals surface area contributed by atoms with E-state index in [9.17, 15) is 4.79 Å². The first kappa shape index (κ1) is 16.1. The van der Waals surface area contributed by atoms with Gasteiger partial charge < -0.3 is 15.2 Å². The van der Waals surface area contributed by atoms with E-state index in [4.69, 9.17) is 11.6 Å². The van der Waals surface area contributed by atoms with Gasteiger partial charge in [0.1, 0.15) is 5.69 Å². The highest BCUT2D eigenvalue weighted by Gasteiger charge is 2.20. The first-order chi connectivity index (χ1) is 11.2. The molecule has 0 bridgehead atoms. The van der Waals surface area contributed by atoms with E-state index in [1.54, 1.807) is 12.3 Å². The molecule has 1 aliphatic heterocycles. The Kier molecular flexibility index (Phi) is 5.36. The molecule has 0 saturated carbocycles. The van der Waals surface area contributed by atoms with Crippen molar-refractivity contribution in [3.63, 3.8) is 0 Å². The summed E-state index contributed by atoms with van der Waals surface area (Å²) in [6.07, 6.45) is 4.07. The average Bonchev–Trinajstić information content (AvgIpc) is 3.02. The third-order valence-electron chi connectivity index (χ3n) is 4.38. The second kappa shape index (κ2) is 7.66. The molecule has 0 aliphatic carbocycles. The molecular weight excluding hydrogens is 310 g/mol. The van der Waals surface area contributed by atoms with Gasteiger partial charge in [-0.2, -0.15) is 0 Å². The Hall–Kier alpha value is -1.78. The zero-order valence-electron chi connectivity index (χ0n) is 13.1. The number of carbonyl (C=O) groups is 1. The van der Waals surface area contributed by atoms with E-state index >= 15 is 0 Å². The lowest BCUT2D eigenvalue weighted by atomic mass is 9.91. The van der Waals surface area contributed by atoms with Crippen LogP contribution in [0.3, 0.4) is 0 Å². The molecule has 1 aromatic heterocycles. The Labute approximate surface area is 141 Å². The van der Waals surface area contributed by atoms with Crippen LogP contribution in [0.5, 0.6) is 0 Å². The fourth-order valence-electron chi connectivity index (χ4n) is 3.18. The van der Waals surface area contributed by atoms with Crippen LogP contribution in [0.1, 0.15) is 34.8 Å². The monoisotopic (exact) mass is 331 g/mol. The Morgan fingerprint density at radius 3 is 2.91 bits per heavy atom. The average molecular weight is 332 g/mol. The fourth-order valence-corrected chi connectivity index (χ4v) is 3.34. The molecular formula is C18H22ClN3O. The number of nitrogens with zero attached hydrogens (tertiary/aromatic N) is 1. The zero-order valence-corrected chi connectivity index (χ0v) is 13.9. The number of hydrogen-bond donors (Lipinski definition) is 2. The maximum absolute atomic E-state index is 12.0. The number of nitrogens with one attached hydrogen (secondary N) is 2. The summed E-state index contributed by atoms with van der Waals surface area (Å²) in [5.41, 5.74) is 1.93. The lowest BCUT2D eigenvalue weighted by molar-refractivity contribution is 0.0941. The number of benzene rings is 1. The standard InChI is InChI=1S/C18H22ClN3O/c19-16-11-17(21-12-16)18(23)20-8-10-22-9-4-7-15(13-22)14-5-2-1-3-6-14/h1-3,5-6,11-12,15,21H,4,7-10,13H2,(H,20,23)/t15-/m0/s1. The van der Waals surface area contributed by atoms with Crippen molar-refractivity contribution in [2.75, 3.05) is 26.2 Å². The summed E-state index contributed by atoms with van der Waals surface area (Å²) in [7, 11) is 0. The van der Waals surface area contributed by atoms with Gasteiger partial charge in [-0.3, -0.25) is 4.79 Å². The Morgan fingerprint density at radius 1 is 1.35 bits per heavy atom. The van der Waals surface area contributed by atoms with Crippen molar-refractivity contribution in [1.29, 1.82) is 0 Å². The van der Waals surface area contributed by atoms with Crippen molar-refractivity contribution < 1.29 is 4.79 Å². The molecule has 1 saturated heterocycles. The number of amides is 1. The van der Waals surface area contributed by atoms with Crippen LogP contribution in [0.25, 0.3) is 0 Å². The molecule has 2 aromatic rings. The van der Waals surface area contributed by atoms with Crippen LogP contribution in [-0.2, 0) is 0 Å². The summed E-state index contributed by atoms with van der Waals surface area (Å²) >= 11 is 5.82. The number of carbonyl (C=O) groups excluding carboxylic acids is 1. The molecule has 0 spiro atoms. The topological polar surface area (TPSA) is 48.1 Å². The molecule has 1 aliphatic rings. The number of H-pyrrole nitrogens is 1. The van der Waals surface area contributed by atoms with Crippen molar-refractivity contribution in [3.05, 3.63) is 58.9 Å².